The molecule has 1 N–H and O–H groups in total. The SMILES string of the molecule is O=C(CN(c1ccc(Cl)c(Cl)c1)S(=O)(=O)c1ccccc1)NCc1cccc(CN2CCOCC2)c1. The van der Waals surface area contributed by atoms with Crippen molar-refractivity contribution in [1.82, 2.24) is 10.2 Å². The van der Waals surface area contributed by atoms with Gasteiger partial charge in [0.1, 0.15) is 6.54 Å². The van der Waals surface area contributed by atoms with Crippen LogP contribution in [0, 0.1) is 0 Å². The molecule has 0 atom stereocenters. The van der Waals surface area contributed by atoms with E-state index in [2.05, 4.69) is 16.3 Å². The van der Waals surface area contributed by atoms with E-state index in [9.17, 15) is 13.2 Å². The van der Waals surface area contributed by atoms with E-state index in [4.69, 9.17) is 27.9 Å². The molecule has 4 rings (SSSR count). The first-order valence-electron chi connectivity index (χ1n) is 11.5. The fourth-order valence-electron chi connectivity index (χ4n) is 3.92. The van der Waals surface area contributed by atoms with Crippen LogP contribution < -0.4 is 9.62 Å². The maximum Gasteiger partial charge on any atom is 0.264 e. The van der Waals surface area contributed by atoms with Gasteiger partial charge in [-0.25, -0.2) is 8.42 Å². The number of sulfonamides is 1. The Bertz CT molecular complexity index is 1300. The normalized spacial score (nSPS) is 14.4. The number of ether oxygens (including phenoxy) is 1. The Balaban J connectivity index is 1.47. The standard InChI is InChI=1S/C26H27Cl2N3O4S/c27-24-10-9-22(16-25(24)28)31(36(33,34)23-7-2-1-3-8-23)19-26(32)29-17-20-5-4-6-21(15-20)18-30-11-13-35-14-12-30/h1-10,15-16H,11-14,17-19H2,(H,29,32). The Morgan fingerprint density at radius 1 is 0.917 bits per heavy atom. The van der Waals surface area contributed by atoms with E-state index in [1.54, 1.807) is 18.2 Å². The molecule has 0 bridgehead atoms. The average molecular weight is 548 g/mol. The summed E-state index contributed by atoms with van der Waals surface area (Å²) in [6.07, 6.45) is 0. The van der Waals surface area contributed by atoms with Gasteiger partial charge < -0.3 is 10.1 Å². The highest BCUT2D eigenvalue weighted by Gasteiger charge is 2.27. The number of rotatable bonds is 9. The number of anilines is 1. The van der Waals surface area contributed by atoms with Gasteiger partial charge in [0.25, 0.3) is 10.0 Å². The van der Waals surface area contributed by atoms with Crippen LogP contribution in [0.15, 0.2) is 77.7 Å². The van der Waals surface area contributed by atoms with Gasteiger partial charge in [-0.1, -0.05) is 65.7 Å². The lowest BCUT2D eigenvalue weighted by atomic mass is 10.1. The zero-order chi connectivity index (χ0) is 25.5. The molecule has 0 aromatic heterocycles. The molecular formula is C26H27Cl2N3O4S. The number of benzene rings is 3. The highest BCUT2D eigenvalue weighted by Crippen LogP contribution is 2.30. The largest absolute Gasteiger partial charge is 0.379 e. The van der Waals surface area contributed by atoms with Gasteiger partial charge in [-0.05, 0) is 41.5 Å². The maximum atomic E-state index is 13.4. The average Bonchev–Trinajstić information content (AvgIpc) is 2.89. The number of halogens is 2. The van der Waals surface area contributed by atoms with Crippen LogP contribution >= 0.6 is 23.2 Å². The third-order valence-corrected chi connectivity index (χ3v) is 8.33. The minimum atomic E-state index is -4.03. The number of nitrogens with one attached hydrogen (secondary N) is 1. The molecule has 0 radical (unpaired) electrons. The second-order valence-electron chi connectivity index (χ2n) is 8.41. The minimum Gasteiger partial charge on any atom is -0.379 e. The monoisotopic (exact) mass is 547 g/mol. The van der Waals surface area contributed by atoms with Crippen molar-refractivity contribution in [1.29, 1.82) is 0 Å². The molecule has 0 unspecified atom stereocenters. The quantitative estimate of drug-likeness (QED) is 0.431. The van der Waals surface area contributed by atoms with Crippen LogP contribution in [0.3, 0.4) is 0 Å². The topological polar surface area (TPSA) is 79.0 Å². The minimum absolute atomic E-state index is 0.0692. The molecule has 10 heteroatoms. The molecule has 1 aliphatic rings. The van der Waals surface area contributed by atoms with Crippen molar-refractivity contribution in [2.45, 2.75) is 18.0 Å². The third kappa shape index (κ3) is 6.78. The molecule has 1 saturated heterocycles. The lowest BCUT2D eigenvalue weighted by Crippen LogP contribution is -2.40. The van der Waals surface area contributed by atoms with Crippen molar-refractivity contribution in [2.24, 2.45) is 0 Å². The number of hydrogen-bond acceptors (Lipinski definition) is 5. The number of morpholine rings is 1. The van der Waals surface area contributed by atoms with Gasteiger partial charge in [0.05, 0.1) is 33.8 Å². The summed E-state index contributed by atoms with van der Waals surface area (Å²) in [6.45, 7) is 3.92. The maximum absolute atomic E-state index is 13.4. The number of amides is 1. The number of hydrogen-bond donors (Lipinski definition) is 1. The number of carbonyl (C=O) groups excluding carboxylic acids is 1. The van der Waals surface area contributed by atoms with Crippen molar-refractivity contribution in [2.75, 3.05) is 37.2 Å². The van der Waals surface area contributed by atoms with Gasteiger partial charge in [-0.2, -0.15) is 0 Å². The second-order valence-corrected chi connectivity index (χ2v) is 11.1. The van der Waals surface area contributed by atoms with Gasteiger partial charge in [-0.3, -0.25) is 14.0 Å². The van der Waals surface area contributed by atoms with Gasteiger partial charge >= 0.3 is 0 Å². The molecule has 7 nitrogen and oxygen atoms in total. The van der Waals surface area contributed by atoms with E-state index < -0.39 is 22.5 Å². The second kappa shape index (κ2) is 12.1. The highest BCUT2D eigenvalue weighted by molar-refractivity contribution is 7.92. The van der Waals surface area contributed by atoms with Gasteiger partial charge in [0.15, 0.2) is 0 Å². The van der Waals surface area contributed by atoms with E-state index in [0.717, 1.165) is 48.3 Å². The van der Waals surface area contributed by atoms with Gasteiger partial charge in [0, 0.05) is 26.2 Å². The fourth-order valence-corrected chi connectivity index (χ4v) is 5.64. The summed E-state index contributed by atoms with van der Waals surface area (Å²) in [5.41, 5.74) is 2.32. The van der Waals surface area contributed by atoms with Crippen LogP contribution in [-0.4, -0.2) is 52.1 Å². The van der Waals surface area contributed by atoms with E-state index in [-0.39, 0.29) is 22.2 Å². The van der Waals surface area contributed by atoms with Crippen LogP contribution in [0.2, 0.25) is 10.0 Å². The van der Waals surface area contributed by atoms with Crippen molar-refractivity contribution < 1.29 is 17.9 Å². The molecule has 190 valence electrons. The summed E-state index contributed by atoms with van der Waals surface area (Å²) in [5.74, 6) is -0.445. The molecule has 1 aliphatic heterocycles. The Hall–Kier alpha value is -2.62. The molecule has 36 heavy (non-hydrogen) atoms. The van der Waals surface area contributed by atoms with Crippen molar-refractivity contribution >= 4 is 44.8 Å². The van der Waals surface area contributed by atoms with E-state index in [1.165, 1.54) is 30.3 Å². The lowest BCUT2D eigenvalue weighted by molar-refractivity contribution is -0.119. The number of nitrogens with zero attached hydrogens (tertiary/aromatic N) is 2. The zero-order valence-corrected chi connectivity index (χ0v) is 21.9. The smallest absolute Gasteiger partial charge is 0.264 e. The summed E-state index contributed by atoms with van der Waals surface area (Å²) >= 11 is 12.2. The Kier molecular flexibility index (Phi) is 8.87. The van der Waals surface area contributed by atoms with Crippen molar-refractivity contribution in [3.8, 4) is 0 Å². The lowest BCUT2D eigenvalue weighted by Gasteiger charge is -2.26. The molecule has 0 aliphatic carbocycles. The molecule has 3 aromatic rings. The highest BCUT2D eigenvalue weighted by atomic mass is 35.5. The summed E-state index contributed by atoms with van der Waals surface area (Å²) in [7, 11) is -4.03. The van der Waals surface area contributed by atoms with Crippen LogP contribution in [-0.2, 0) is 32.6 Å². The molecule has 3 aromatic carbocycles. The molecule has 0 saturated carbocycles. The van der Waals surface area contributed by atoms with Crippen molar-refractivity contribution in [3.05, 3.63) is 94.0 Å². The molecule has 0 spiro atoms. The molecule has 1 heterocycles. The number of carbonyl (C=O) groups is 1. The predicted molar refractivity (Wildman–Crippen MR) is 142 cm³/mol. The summed E-state index contributed by atoms with van der Waals surface area (Å²) in [6, 6.07) is 20.4. The van der Waals surface area contributed by atoms with Crippen molar-refractivity contribution in [3.63, 3.8) is 0 Å². The first-order chi connectivity index (χ1) is 17.3. The molecule has 1 amide bonds. The van der Waals surface area contributed by atoms with E-state index in [1.807, 2.05) is 18.2 Å². The zero-order valence-electron chi connectivity index (χ0n) is 19.6. The summed E-state index contributed by atoms with van der Waals surface area (Å²) in [4.78, 5) is 15.3. The Labute approximate surface area is 221 Å². The van der Waals surface area contributed by atoms with Crippen LogP contribution in [0.1, 0.15) is 11.1 Å². The van der Waals surface area contributed by atoms with Crippen LogP contribution in [0.4, 0.5) is 5.69 Å². The summed E-state index contributed by atoms with van der Waals surface area (Å²) in [5, 5.41) is 3.33. The summed E-state index contributed by atoms with van der Waals surface area (Å²) < 4.78 is 33.3. The predicted octanol–water partition coefficient (Wildman–Crippen LogP) is 4.34. The fraction of sp³-hybridized carbons (Fsp3) is 0.269. The van der Waals surface area contributed by atoms with E-state index >= 15 is 0 Å². The van der Waals surface area contributed by atoms with Gasteiger partial charge in [-0.15, -0.1) is 0 Å². The first kappa shape index (κ1) is 26.4. The van der Waals surface area contributed by atoms with Crippen LogP contribution in [0.5, 0.6) is 0 Å². The Morgan fingerprint density at radius 2 is 1.64 bits per heavy atom. The van der Waals surface area contributed by atoms with Gasteiger partial charge in [0.2, 0.25) is 5.91 Å². The van der Waals surface area contributed by atoms with E-state index in [0.29, 0.717) is 5.02 Å². The molecular weight excluding hydrogens is 521 g/mol. The third-order valence-electron chi connectivity index (χ3n) is 5.80. The van der Waals surface area contributed by atoms with Crippen LogP contribution in [0.25, 0.3) is 0 Å². The Morgan fingerprint density at radius 3 is 2.36 bits per heavy atom. The molecule has 1 fully saturated rings. The first-order valence-corrected chi connectivity index (χ1v) is 13.7.